The van der Waals surface area contributed by atoms with E-state index in [-0.39, 0.29) is 0 Å². The van der Waals surface area contributed by atoms with Crippen LogP contribution in [-0.4, -0.2) is 11.5 Å². The van der Waals surface area contributed by atoms with Gasteiger partial charge in [-0.1, -0.05) is 19.1 Å². The lowest BCUT2D eigenvalue weighted by Gasteiger charge is -2.19. The summed E-state index contributed by atoms with van der Waals surface area (Å²) in [7, 11) is 0. The molecule has 1 aliphatic carbocycles. The van der Waals surface area contributed by atoms with Crippen LogP contribution in [0, 0.1) is 0 Å². The lowest BCUT2D eigenvalue weighted by atomic mass is 9.89. The van der Waals surface area contributed by atoms with Crippen LogP contribution in [0.1, 0.15) is 43.5 Å². The second-order valence-electron chi connectivity index (χ2n) is 5.35. The van der Waals surface area contributed by atoms with Gasteiger partial charge >= 0.3 is 0 Å². The predicted octanol–water partition coefficient (Wildman–Crippen LogP) is 4.11. The quantitative estimate of drug-likeness (QED) is 0.891. The van der Waals surface area contributed by atoms with Gasteiger partial charge in [0.05, 0.1) is 5.52 Å². The molecule has 2 heteroatoms. The molecular formula is C17H22N2. The number of rotatable bonds is 3. The Morgan fingerprint density at radius 3 is 2.79 bits per heavy atom. The highest BCUT2D eigenvalue weighted by molar-refractivity contribution is 5.94. The number of pyridine rings is 1. The highest BCUT2D eigenvalue weighted by Gasteiger charge is 2.15. The minimum Gasteiger partial charge on any atom is -0.385 e. The molecule has 2 nitrogen and oxygen atoms in total. The number of aromatic nitrogens is 1. The topological polar surface area (TPSA) is 24.9 Å². The van der Waals surface area contributed by atoms with Gasteiger partial charge in [-0.25, -0.2) is 0 Å². The van der Waals surface area contributed by atoms with Gasteiger partial charge in [-0.2, -0.15) is 0 Å². The van der Waals surface area contributed by atoms with Gasteiger partial charge in [-0.05, 0) is 56.2 Å². The van der Waals surface area contributed by atoms with Gasteiger partial charge in [-0.15, -0.1) is 0 Å². The van der Waals surface area contributed by atoms with Crippen LogP contribution in [0.25, 0.3) is 10.9 Å². The molecule has 1 N–H and O–H groups in total. The van der Waals surface area contributed by atoms with E-state index in [4.69, 9.17) is 4.98 Å². The Kier molecular flexibility index (Phi) is 3.41. The zero-order chi connectivity index (χ0) is 13.2. The Hall–Kier alpha value is -1.57. The van der Waals surface area contributed by atoms with E-state index in [1.165, 1.54) is 59.1 Å². The average molecular weight is 254 g/mol. The highest BCUT2D eigenvalue weighted by Crippen LogP contribution is 2.32. The van der Waals surface area contributed by atoms with E-state index < -0.39 is 0 Å². The first-order valence-corrected chi connectivity index (χ1v) is 7.51. The Morgan fingerprint density at radius 2 is 2.00 bits per heavy atom. The third kappa shape index (κ3) is 2.20. The maximum atomic E-state index is 4.91. The molecule has 3 rings (SSSR count). The summed E-state index contributed by atoms with van der Waals surface area (Å²) in [6, 6.07) is 6.77. The van der Waals surface area contributed by atoms with Crippen molar-refractivity contribution in [3.63, 3.8) is 0 Å². The van der Waals surface area contributed by atoms with E-state index in [1.54, 1.807) is 0 Å². The van der Waals surface area contributed by atoms with E-state index in [1.807, 2.05) is 0 Å². The van der Waals surface area contributed by atoms with E-state index in [2.05, 4.69) is 37.4 Å². The van der Waals surface area contributed by atoms with Crippen molar-refractivity contribution in [1.82, 2.24) is 4.98 Å². The van der Waals surface area contributed by atoms with E-state index in [0.717, 1.165) is 13.0 Å². The molecule has 0 aliphatic heterocycles. The summed E-state index contributed by atoms with van der Waals surface area (Å²) < 4.78 is 0. The number of hydrogen-bond acceptors (Lipinski definition) is 2. The van der Waals surface area contributed by atoms with Crippen molar-refractivity contribution >= 4 is 16.6 Å². The fourth-order valence-electron chi connectivity index (χ4n) is 3.09. The molecule has 0 bridgehead atoms. The fourth-order valence-corrected chi connectivity index (χ4v) is 3.09. The summed E-state index contributed by atoms with van der Waals surface area (Å²) in [5.41, 5.74) is 6.70. The summed E-state index contributed by atoms with van der Waals surface area (Å²) in [6.45, 7) is 5.29. The van der Waals surface area contributed by atoms with Crippen molar-refractivity contribution in [2.24, 2.45) is 0 Å². The van der Waals surface area contributed by atoms with Gasteiger partial charge in [0.1, 0.15) is 0 Å². The summed E-state index contributed by atoms with van der Waals surface area (Å²) in [4.78, 5) is 4.91. The molecule has 1 heterocycles. The molecule has 1 aliphatic rings. The number of nitrogens with one attached hydrogen (secondary N) is 1. The van der Waals surface area contributed by atoms with Crippen LogP contribution in [0.2, 0.25) is 0 Å². The van der Waals surface area contributed by atoms with Gasteiger partial charge in [0.15, 0.2) is 0 Å². The Labute approximate surface area is 115 Å². The predicted molar refractivity (Wildman–Crippen MR) is 81.9 cm³/mol. The standard InChI is InChI=1S/C17H22N2/c1-3-13-11-16(18-4-2)15-10-9-12-7-5-6-8-14(12)17(15)19-13/h9-11H,3-8H2,1-2H3,(H,18,19). The van der Waals surface area contributed by atoms with E-state index in [0.29, 0.717) is 0 Å². The van der Waals surface area contributed by atoms with Crippen molar-refractivity contribution in [2.45, 2.75) is 46.0 Å². The molecule has 0 fully saturated rings. The molecule has 0 amide bonds. The molecule has 1 aromatic carbocycles. The van der Waals surface area contributed by atoms with Crippen LogP contribution in [0.4, 0.5) is 5.69 Å². The van der Waals surface area contributed by atoms with E-state index in [9.17, 15) is 0 Å². The third-order valence-corrected chi connectivity index (χ3v) is 4.09. The number of hydrogen-bond donors (Lipinski definition) is 1. The maximum absolute atomic E-state index is 4.91. The average Bonchev–Trinajstić information content (AvgIpc) is 2.47. The number of benzene rings is 1. The minimum atomic E-state index is 0.958. The molecule has 0 unspecified atom stereocenters. The van der Waals surface area contributed by atoms with Crippen LogP contribution < -0.4 is 5.32 Å². The van der Waals surface area contributed by atoms with E-state index >= 15 is 0 Å². The largest absolute Gasteiger partial charge is 0.385 e. The maximum Gasteiger partial charge on any atom is 0.0760 e. The van der Waals surface area contributed by atoms with Crippen molar-refractivity contribution in [2.75, 3.05) is 11.9 Å². The molecule has 0 saturated carbocycles. The lowest BCUT2D eigenvalue weighted by Crippen LogP contribution is -2.07. The van der Waals surface area contributed by atoms with Gasteiger partial charge in [-0.3, -0.25) is 4.98 Å². The summed E-state index contributed by atoms with van der Waals surface area (Å²) in [5, 5.41) is 4.78. The summed E-state index contributed by atoms with van der Waals surface area (Å²) in [5.74, 6) is 0. The number of aryl methyl sites for hydroxylation is 3. The van der Waals surface area contributed by atoms with Crippen molar-refractivity contribution in [1.29, 1.82) is 0 Å². The third-order valence-electron chi connectivity index (χ3n) is 4.09. The van der Waals surface area contributed by atoms with Crippen LogP contribution >= 0.6 is 0 Å². The number of nitrogens with zero attached hydrogens (tertiary/aromatic N) is 1. The highest BCUT2D eigenvalue weighted by atomic mass is 14.9. The Bertz CT molecular complexity index is 602. The monoisotopic (exact) mass is 254 g/mol. The van der Waals surface area contributed by atoms with Gasteiger partial charge in [0.2, 0.25) is 0 Å². The molecular weight excluding hydrogens is 232 g/mol. The Balaban J connectivity index is 2.26. The molecule has 0 spiro atoms. The molecule has 0 atom stereocenters. The first kappa shape index (κ1) is 12.5. The van der Waals surface area contributed by atoms with Crippen LogP contribution in [0.3, 0.4) is 0 Å². The fraction of sp³-hybridized carbons (Fsp3) is 0.471. The molecule has 19 heavy (non-hydrogen) atoms. The molecule has 2 aromatic rings. The molecule has 100 valence electrons. The SMILES string of the molecule is CCNc1cc(CC)nc2c3c(ccc12)CCCC3. The second-order valence-corrected chi connectivity index (χ2v) is 5.35. The first-order valence-electron chi connectivity index (χ1n) is 7.51. The molecule has 1 aromatic heterocycles. The van der Waals surface area contributed by atoms with Gasteiger partial charge < -0.3 is 5.32 Å². The zero-order valence-electron chi connectivity index (χ0n) is 11.9. The Morgan fingerprint density at radius 1 is 1.16 bits per heavy atom. The normalized spacial score (nSPS) is 14.4. The lowest BCUT2D eigenvalue weighted by molar-refractivity contribution is 0.688. The zero-order valence-corrected chi connectivity index (χ0v) is 11.9. The number of anilines is 1. The van der Waals surface area contributed by atoms with Crippen LogP contribution in [0.5, 0.6) is 0 Å². The summed E-state index contributed by atoms with van der Waals surface area (Å²) >= 11 is 0. The van der Waals surface area contributed by atoms with Crippen LogP contribution in [0.15, 0.2) is 18.2 Å². The number of fused-ring (bicyclic) bond motifs is 3. The minimum absolute atomic E-state index is 0.958. The first-order chi connectivity index (χ1) is 9.33. The van der Waals surface area contributed by atoms with Crippen LogP contribution in [-0.2, 0) is 19.3 Å². The summed E-state index contributed by atoms with van der Waals surface area (Å²) in [6.07, 6.45) is 6.04. The molecule has 0 saturated heterocycles. The smallest absolute Gasteiger partial charge is 0.0760 e. The molecule has 0 radical (unpaired) electrons. The van der Waals surface area contributed by atoms with Gasteiger partial charge in [0.25, 0.3) is 0 Å². The second kappa shape index (κ2) is 5.20. The van der Waals surface area contributed by atoms with Crippen molar-refractivity contribution in [3.8, 4) is 0 Å². The van der Waals surface area contributed by atoms with Crippen molar-refractivity contribution in [3.05, 3.63) is 35.0 Å². The van der Waals surface area contributed by atoms with Gasteiger partial charge in [0, 0.05) is 23.3 Å². The van der Waals surface area contributed by atoms with Crippen molar-refractivity contribution < 1.29 is 0 Å².